The largest absolute Gasteiger partial charge is 0.467 e. The third kappa shape index (κ3) is 8.07. The van der Waals surface area contributed by atoms with Crippen molar-refractivity contribution in [3.8, 4) is 0 Å². The van der Waals surface area contributed by atoms with E-state index < -0.39 is 62.1 Å². The Morgan fingerprint density at radius 3 is 2.18 bits per heavy atom. The van der Waals surface area contributed by atoms with Crippen LogP contribution in [0.1, 0.15) is 53.9 Å². The van der Waals surface area contributed by atoms with Crippen molar-refractivity contribution < 1.29 is 52.3 Å². The number of hydrogen-bond donors (Lipinski definition) is 1. The molecule has 1 N–H and O–H groups in total. The number of hydrogen-bond acceptors (Lipinski definition) is 11. The van der Waals surface area contributed by atoms with Crippen LogP contribution in [0.25, 0.3) is 0 Å². The van der Waals surface area contributed by atoms with Crippen molar-refractivity contribution in [3.63, 3.8) is 0 Å². The second kappa shape index (κ2) is 16.5. The molecular weight excluding hydrogens is 528 g/mol. The molecule has 0 saturated carbocycles. The van der Waals surface area contributed by atoms with Gasteiger partial charge in [0.05, 0.1) is 31.5 Å². The van der Waals surface area contributed by atoms with Crippen LogP contribution in [0.15, 0.2) is 0 Å². The molecule has 12 heteroatoms. The van der Waals surface area contributed by atoms with Crippen LogP contribution in [0.5, 0.6) is 0 Å². The Morgan fingerprint density at radius 1 is 1.13 bits per heavy atom. The van der Waals surface area contributed by atoms with E-state index in [1.54, 1.807) is 21.0 Å². The molecule has 1 fully saturated rings. The maximum atomic E-state index is 12.5. The van der Waals surface area contributed by atoms with Gasteiger partial charge in [-0.3, -0.25) is 0 Å². The SMILES string of the molecule is CC[Si](CC)(CC)O[C@H]1[C@@H](OC)C[C@@H](C[C@H](OC)[C@@H](OCOC)C(=O)OC)O[C@@]1(OC)C(C)(C)[C@H](O)CC=O. The van der Waals surface area contributed by atoms with Gasteiger partial charge in [0.1, 0.15) is 19.2 Å². The molecule has 0 aromatic heterocycles. The van der Waals surface area contributed by atoms with Crippen LogP contribution in [0.2, 0.25) is 18.1 Å². The highest BCUT2D eigenvalue weighted by Crippen LogP contribution is 2.50. The summed E-state index contributed by atoms with van der Waals surface area (Å²) in [5.41, 5.74) is -1.10. The summed E-state index contributed by atoms with van der Waals surface area (Å²) in [4.78, 5) is 24.0. The molecule has 0 aromatic rings. The van der Waals surface area contributed by atoms with Crippen LogP contribution in [0, 0.1) is 5.41 Å². The number of aldehydes is 1. The van der Waals surface area contributed by atoms with E-state index in [-0.39, 0.29) is 19.6 Å². The van der Waals surface area contributed by atoms with Crippen molar-refractivity contribution in [2.24, 2.45) is 5.41 Å². The molecule has 0 unspecified atom stereocenters. The Labute approximate surface area is 235 Å². The lowest BCUT2D eigenvalue weighted by atomic mass is 9.71. The van der Waals surface area contributed by atoms with Gasteiger partial charge in [-0.1, -0.05) is 34.6 Å². The smallest absolute Gasteiger partial charge is 0.337 e. The minimum Gasteiger partial charge on any atom is -0.467 e. The summed E-state index contributed by atoms with van der Waals surface area (Å²) in [6.45, 7) is 9.86. The molecule has 39 heavy (non-hydrogen) atoms. The number of carbonyl (C=O) groups is 2. The fourth-order valence-electron chi connectivity index (χ4n) is 5.53. The normalized spacial score (nSPS) is 26.6. The lowest BCUT2D eigenvalue weighted by Gasteiger charge is -2.58. The van der Waals surface area contributed by atoms with Crippen LogP contribution in [0.4, 0.5) is 0 Å². The van der Waals surface area contributed by atoms with Gasteiger partial charge in [-0.15, -0.1) is 0 Å². The van der Waals surface area contributed by atoms with Crippen molar-refractivity contribution in [2.75, 3.05) is 42.3 Å². The zero-order chi connectivity index (χ0) is 29.9. The molecule has 0 bridgehead atoms. The second-order valence-electron chi connectivity index (χ2n) is 10.6. The fraction of sp³-hybridized carbons (Fsp3) is 0.926. The van der Waals surface area contributed by atoms with Crippen LogP contribution in [-0.2, 0) is 47.2 Å². The van der Waals surface area contributed by atoms with Gasteiger partial charge < -0.3 is 47.5 Å². The number of ether oxygens (including phenoxy) is 7. The number of aliphatic hydroxyl groups excluding tert-OH is 1. The maximum Gasteiger partial charge on any atom is 0.337 e. The van der Waals surface area contributed by atoms with Gasteiger partial charge in [-0.2, -0.15) is 0 Å². The van der Waals surface area contributed by atoms with Gasteiger partial charge in [0.2, 0.25) is 5.79 Å². The van der Waals surface area contributed by atoms with Gasteiger partial charge >= 0.3 is 5.97 Å². The van der Waals surface area contributed by atoms with E-state index in [2.05, 4.69) is 20.8 Å². The quantitative estimate of drug-likeness (QED) is 0.105. The molecule has 0 aliphatic carbocycles. The van der Waals surface area contributed by atoms with Crippen molar-refractivity contribution in [3.05, 3.63) is 0 Å². The minimum atomic E-state index is -2.22. The Kier molecular flexibility index (Phi) is 15.2. The molecular formula is C27H52O11Si. The van der Waals surface area contributed by atoms with Gasteiger partial charge in [0, 0.05) is 53.1 Å². The summed E-state index contributed by atoms with van der Waals surface area (Å²) in [5, 5.41) is 11.2. The summed E-state index contributed by atoms with van der Waals surface area (Å²) in [6, 6.07) is 2.66. The predicted molar refractivity (Wildman–Crippen MR) is 147 cm³/mol. The Hall–Kier alpha value is -0.963. The van der Waals surface area contributed by atoms with E-state index in [0.29, 0.717) is 12.7 Å². The van der Waals surface area contributed by atoms with Crippen LogP contribution < -0.4 is 0 Å². The summed E-state index contributed by atoms with van der Waals surface area (Å²) in [7, 11) is 5.10. The highest BCUT2D eigenvalue weighted by atomic mass is 28.4. The molecule has 0 radical (unpaired) electrons. The van der Waals surface area contributed by atoms with Crippen molar-refractivity contribution in [1.29, 1.82) is 0 Å². The number of carbonyl (C=O) groups excluding carboxylic acids is 2. The number of rotatable bonds is 19. The fourth-order valence-corrected chi connectivity index (χ4v) is 8.37. The van der Waals surface area contributed by atoms with Crippen molar-refractivity contribution in [2.45, 2.75) is 114 Å². The zero-order valence-electron chi connectivity index (χ0n) is 25.5. The molecule has 1 rings (SSSR count). The topological polar surface area (TPSA) is 128 Å². The molecule has 1 aliphatic rings. The minimum absolute atomic E-state index is 0.107. The summed E-state index contributed by atoms with van der Waals surface area (Å²) in [5.74, 6) is -2.10. The van der Waals surface area contributed by atoms with E-state index in [1.165, 1.54) is 28.4 Å². The van der Waals surface area contributed by atoms with Gasteiger partial charge in [0.25, 0.3) is 0 Å². The highest BCUT2D eigenvalue weighted by molar-refractivity contribution is 6.73. The Bertz CT molecular complexity index is 724. The van der Waals surface area contributed by atoms with Crippen LogP contribution in [-0.4, -0.2) is 110 Å². The molecule has 230 valence electrons. The molecule has 7 atom stereocenters. The summed E-state index contributed by atoms with van der Waals surface area (Å²) in [6.07, 6.45) is -3.43. The molecule has 0 aromatic carbocycles. The first-order chi connectivity index (χ1) is 18.5. The van der Waals surface area contributed by atoms with Crippen molar-refractivity contribution >= 4 is 20.6 Å². The van der Waals surface area contributed by atoms with Crippen LogP contribution in [0.3, 0.4) is 0 Å². The van der Waals surface area contributed by atoms with E-state index in [0.717, 1.165) is 18.1 Å². The Morgan fingerprint density at radius 2 is 1.74 bits per heavy atom. The lowest BCUT2D eigenvalue weighted by molar-refractivity contribution is -0.383. The summed E-state index contributed by atoms with van der Waals surface area (Å²) >= 11 is 0. The third-order valence-electron chi connectivity index (χ3n) is 8.45. The molecule has 1 heterocycles. The van der Waals surface area contributed by atoms with Crippen LogP contribution >= 0.6 is 0 Å². The molecule has 0 spiro atoms. The molecule has 11 nitrogen and oxygen atoms in total. The van der Waals surface area contributed by atoms with E-state index in [4.69, 9.17) is 37.6 Å². The first kappa shape index (κ1) is 36.1. The van der Waals surface area contributed by atoms with Gasteiger partial charge in [0.15, 0.2) is 14.4 Å². The molecule has 1 saturated heterocycles. The Balaban J connectivity index is 3.62. The monoisotopic (exact) mass is 580 g/mol. The zero-order valence-corrected chi connectivity index (χ0v) is 26.5. The second-order valence-corrected chi connectivity index (χ2v) is 15.3. The van der Waals surface area contributed by atoms with E-state index in [1.807, 2.05) is 0 Å². The number of aliphatic hydroxyl groups is 1. The van der Waals surface area contributed by atoms with Gasteiger partial charge in [-0.25, -0.2) is 4.79 Å². The average Bonchev–Trinajstić information content (AvgIpc) is 2.95. The average molecular weight is 581 g/mol. The standard InChI is InChI=1S/C27H52O11Si/c1-11-39(12-2,13-3)38-24-21(33-8)17-19(16-20(32-7)23(25(30)34-9)36-18-31-6)37-27(24,35-10)26(4,5)22(29)14-15-28/h15,19-24,29H,11-14,16-18H2,1-10H3/t19-,20+,21+,22-,23-,24+,27-/m1/s1. The number of esters is 1. The lowest BCUT2D eigenvalue weighted by Crippen LogP contribution is -2.71. The van der Waals surface area contributed by atoms with Crippen molar-refractivity contribution in [1.82, 2.24) is 0 Å². The first-order valence-electron chi connectivity index (χ1n) is 13.7. The first-order valence-corrected chi connectivity index (χ1v) is 16.3. The molecule has 1 aliphatic heterocycles. The van der Waals surface area contributed by atoms with E-state index >= 15 is 0 Å². The van der Waals surface area contributed by atoms with Gasteiger partial charge in [-0.05, 0) is 18.1 Å². The molecule has 0 amide bonds. The maximum absolute atomic E-state index is 12.5. The summed E-state index contributed by atoms with van der Waals surface area (Å²) < 4.78 is 47.2. The predicted octanol–water partition coefficient (Wildman–Crippen LogP) is 3.07. The number of methoxy groups -OCH3 is 5. The third-order valence-corrected chi connectivity index (χ3v) is 13.1. The highest BCUT2D eigenvalue weighted by Gasteiger charge is 2.63. The van der Waals surface area contributed by atoms with E-state index in [9.17, 15) is 14.7 Å².